The zero-order chi connectivity index (χ0) is 27.8. The molecule has 2 aromatic carbocycles. The van der Waals surface area contributed by atoms with Crippen LogP contribution in [0.4, 0.5) is 14.9 Å². The molecule has 0 bridgehead atoms. The molecule has 1 amide bonds. The lowest BCUT2D eigenvalue weighted by Gasteiger charge is -2.30. The van der Waals surface area contributed by atoms with E-state index in [1.165, 1.54) is 29.8 Å². The summed E-state index contributed by atoms with van der Waals surface area (Å²) in [5, 5.41) is 11.7. The molecule has 0 saturated carbocycles. The standard InChI is InChI=1S/C27H23ClFN5O4S/c1-13(34(27(35)36)18-10-30-15(3)31-11-18)14(2)38-23-9-24-22(8-21(23)29)33-26(39-24)20-7-17(28)5-16-6-19(37-4)12-32-25(16)20/h5-14H,1-4H3,(H,35,36). The summed E-state index contributed by atoms with van der Waals surface area (Å²) in [6.45, 7) is 5.05. The average Bonchev–Trinajstić information content (AvgIpc) is 3.31. The molecule has 0 aliphatic heterocycles. The van der Waals surface area contributed by atoms with Crippen molar-refractivity contribution < 1.29 is 23.8 Å². The first kappa shape index (κ1) is 26.5. The number of fused-ring (bicyclic) bond motifs is 2. The van der Waals surface area contributed by atoms with Gasteiger partial charge in [0.15, 0.2) is 11.6 Å². The number of carboxylic acid groups (broad SMARTS) is 1. The minimum Gasteiger partial charge on any atom is -0.495 e. The van der Waals surface area contributed by atoms with E-state index in [1.807, 2.05) is 6.07 Å². The maximum absolute atomic E-state index is 15.1. The number of amides is 1. The molecule has 2 atom stereocenters. The van der Waals surface area contributed by atoms with E-state index in [0.29, 0.717) is 48.6 Å². The van der Waals surface area contributed by atoms with Crippen molar-refractivity contribution in [3.8, 4) is 22.1 Å². The lowest BCUT2D eigenvalue weighted by molar-refractivity contribution is 0.167. The van der Waals surface area contributed by atoms with Gasteiger partial charge in [-0.25, -0.2) is 24.1 Å². The number of nitrogens with zero attached hydrogens (tertiary/aromatic N) is 5. The quantitative estimate of drug-likeness (QED) is 0.230. The number of aromatic nitrogens is 4. The lowest BCUT2D eigenvalue weighted by Crippen LogP contribution is -2.46. The zero-order valence-electron chi connectivity index (χ0n) is 21.3. The van der Waals surface area contributed by atoms with Crippen LogP contribution in [0.5, 0.6) is 11.5 Å². The molecule has 39 heavy (non-hydrogen) atoms. The number of halogens is 2. The number of pyridine rings is 1. The summed E-state index contributed by atoms with van der Waals surface area (Å²) in [7, 11) is 1.56. The maximum atomic E-state index is 15.1. The molecule has 0 fully saturated rings. The van der Waals surface area contributed by atoms with Gasteiger partial charge in [-0.1, -0.05) is 11.6 Å². The highest BCUT2D eigenvalue weighted by Crippen LogP contribution is 2.38. The Morgan fingerprint density at radius 3 is 2.54 bits per heavy atom. The van der Waals surface area contributed by atoms with E-state index in [-0.39, 0.29) is 5.75 Å². The number of benzene rings is 2. The van der Waals surface area contributed by atoms with Gasteiger partial charge in [-0.15, -0.1) is 11.3 Å². The largest absolute Gasteiger partial charge is 0.495 e. The van der Waals surface area contributed by atoms with Crippen LogP contribution in [-0.4, -0.2) is 50.4 Å². The van der Waals surface area contributed by atoms with Gasteiger partial charge in [-0.05, 0) is 39.0 Å². The molecule has 12 heteroatoms. The first-order valence-electron chi connectivity index (χ1n) is 11.9. The van der Waals surface area contributed by atoms with Crippen molar-refractivity contribution in [2.75, 3.05) is 12.0 Å². The molecular weight excluding hydrogens is 545 g/mol. The van der Waals surface area contributed by atoms with E-state index in [9.17, 15) is 9.90 Å². The van der Waals surface area contributed by atoms with Crippen LogP contribution in [0.2, 0.25) is 5.02 Å². The van der Waals surface area contributed by atoms with Crippen molar-refractivity contribution in [3.63, 3.8) is 0 Å². The van der Waals surface area contributed by atoms with Gasteiger partial charge in [0.2, 0.25) is 0 Å². The highest BCUT2D eigenvalue weighted by molar-refractivity contribution is 7.21. The minimum absolute atomic E-state index is 0.0126. The Bertz CT molecular complexity index is 1700. The third-order valence-electron chi connectivity index (χ3n) is 6.28. The molecule has 200 valence electrons. The molecule has 3 aromatic heterocycles. The van der Waals surface area contributed by atoms with E-state index >= 15 is 4.39 Å². The highest BCUT2D eigenvalue weighted by Gasteiger charge is 2.29. The second-order valence-corrected chi connectivity index (χ2v) is 10.3. The Kier molecular flexibility index (Phi) is 7.19. The van der Waals surface area contributed by atoms with Gasteiger partial charge >= 0.3 is 6.09 Å². The molecule has 0 spiro atoms. The first-order valence-corrected chi connectivity index (χ1v) is 13.0. The number of hydrogen-bond donors (Lipinski definition) is 1. The Labute approximate surface area is 231 Å². The van der Waals surface area contributed by atoms with Crippen LogP contribution in [0.1, 0.15) is 19.7 Å². The summed E-state index contributed by atoms with van der Waals surface area (Å²) in [4.78, 5) is 30.4. The summed E-state index contributed by atoms with van der Waals surface area (Å²) in [6, 6.07) is 7.59. The fourth-order valence-electron chi connectivity index (χ4n) is 4.14. The van der Waals surface area contributed by atoms with Crippen LogP contribution < -0.4 is 14.4 Å². The summed E-state index contributed by atoms with van der Waals surface area (Å²) < 4.78 is 27.0. The molecular formula is C27H23ClFN5O4S. The molecule has 2 unspecified atom stereocenters. The number of anilines is 1. The molecule has 5 aromatic rings. The van der Waals surface area contributed by atoms with Crippen LogP contribution in [0.25, 0.3) is 31.7 Å². The van der Waals surface area contributed by atoms with Gasteiger partial charge in [0.05, 0.1) is 53.2 Å². The highest BCUT2D eigenvalue weighted by atomic mass is 35.5. The van der Waals surface area contributed by atoms with E-state index in [0.717, 1.165) is 10.3 Å². The topological polar surface area (TPSA) is 111 Å². The average molecular weight is 568 g/mol. The van der Waals surface area contributed by atoms with Crippen LogP contribution in [0.15, 0.2) is 48.9 Å². The van der Waals surface area contributed by atoms with Crippen molar-refractivity contribution in [2.45, 2.75) is 32.9 Å². The fraction of sp³-hybridized carbons (Fsp3) is 0.222. The minimum atomic E-state index is -1.20. The van der Waals surface area contributed by atoms with E-state index in [2.05, 4.69) is 19.9 Å². The van der Waals surface area contributed by atoms with Gasteiger partial charge in [-0.3, -0.25) is 9.88 Å². The Balaban J connectivity index is 1.46. The summed E-state index contributed by atoms with van der Waals surface area (Å²) in [5.74, 6) is 0.490. The van der Waals surface area contributed by atoms with Crippen molar-refractivity contribution in [1.29, 1.82) is 0 Å². The molecule has 0 radical (unpaired) electrons. The molecule has 0 saturated heterocycles. The monoisotopic (exact) mass is 567 g/mol. The van der Waals surface area contributed by atoms with Gasteiger partial charge in [0.1, 0.15) is 22.7 Å². The number of methoxy groups -OCH3 is 1. The van der Waals surface area contributed by atoms with Crippen molar-refractivity contribution in [2.24, 2.45) is 0 Å². The first-order chi connectivity index (χ1) is 18.6. The van der Waals surface area contributed by atoms with Crippen LogP contribution in [-0.2, 0) is 0 Å². The third kappa shape index (κ3) is 5.27. The molecule has 5 rings (SSSR count). The van der Waals surface area contributed by atoms with E-state index < -0.39 is 24.1 Å². The summed E-state index contributed by atoms with van der Waals surface area (Å²) in [6.07, 6.45) is 2.56. The summed E-state index contributed by atoms with van der Waals surface area (Å²) in [5.41, 5.74) is 2.14. The SMILES string of the molecule is COc1cnc2c(-c3nc4cc(F)c(OC(C)C(C)N(C(=O)O)c5cnc(C)nc5)cc4s3)cc(Cl)cc2c1. The molecule has 0 aliphatic rings. The molecule has 3 heterocycles. The third-order valence-corrected chi connectivity index (χ3v) is 7.55. The Morgan fingerprint density at radius 2 is 1.85 bits per heavy atom. The number of thiazole rings is 1. The molecule has 1 N–H and O–H groups in total. The number of aryl methyl sites for hydroxylation is 1. The van der Waals surface area contributed by atoms with Crippen LogP contribution in [0, 0.1) is 12.7 Å². The molecule has 9 nitrogen and oxygen atoms in total. The van der Waals surface area contributed by atoms with Crippen molar-refractivity contribution in [3.05, 3.63) is 65.6 Å². The number of ether oxygens (including phenoxy) is 2. The number of carbonyl (C=O) groups is 1. The van der Waals surface area contributed by atoms with Crippen LogP contribution >= 0.6 is 22.9 Å². The van der Waals surface area contributed by atoms with E-state index in [1.54, 1.807) is 52.3 Å². The van der Waals surface area contributed by atoms with Gasteiger partial charge in [0.25, 0.3) is 0 Å². The fourth-order valence-corrected chi connectivity index (χ4v) is 5.36. The number of rotatable bonds is 7. The normalized spacial score (nSPS) is 12.9. The van der Waals surface area contributed by atoms with Gasteiger partial charge < -0.3 is 14.6 Å². The Hall–Kier alpha value is -4.09. The van der Waals surface area contributed by atoms with Crippen molar-refractivity contribution in [1.82, 2.24) is 19.9 Å². The van der Waals surface area contributed by atoms with Crippen LogP contribution in [0.3, 0.4) is 0 Å². The predicted molar refractivity (Wildman–Crippen MR) is 149 cm³/mol. The zero-order valence-corrected chi connectivity index (χ0v) is 22.9. The smallest absolute Gasteiger partial charge is 0.412 e. The van der Waals surface area contributed by atoms with E-state index in [4.69, 9.17) is 21.1 Å². The predicted octanol–water partition coefficient (Wildman–Crippen LogP) is 6.75. The second-order valence-electron chi connectivity index (χ2n) is 8.87. The molecule has 0 aliphatic carbocycles. The number of hydrogen-bond acceptors (Lipinski definition) is 8. The Morgan fingerprint density at radius 1 is 1.10 bits per heavy atom. The second kappa shape index (κ2) is 10.6. The van der Waals surface area contributed by atoms with Gasteiger partial charge in [0, 0.05) is 28.1 Å². The lowest BCUT2D eigenvalue weighted by atomic mass is 10.1. The summed E-state index contributed by atoms with van der Waals surface area (Å²) >= 11 is 7.72. The van der Waals surface area contributed by atoms with Crippen molar-refractivity contribution >= 4 is 55.8 Å². The van der Waals surface area contributed by atoms with Gasteiger partial charge in [-0.2, -0.15) is 0 Å². The maximum Gasteiger partial charge on any atom is 0.412 e.